The molecule has 0 atom stereocenters. The molecule has 1 aliphatic heterocycles. The maximum Gasteiger partial charge on any atom is 0.267 e. The molecule has 0 N–H and O–H groups in total. The highest BCUT2D eigenvalue weighted by Crippen LogP contribution is 2.34. The lowest BCUT2D eigenvalue weighted by Gasteiger charge is -2.13. The van der Waals surface area contributed by atoms with Crippen LogP contribution in [-0.2, 0) is 11.3 Å². The van der Waals surface area contributed by atoms with E-state index in [0.29, 0.717) is 39.9 Å². The summed E-state index contributed by atoms with van der Waals surface area (Å²) >= 11 is 1.29. The summed E-state index contributed by atoms with van der Waals surface area (Å²) < 4.78 is 16.8. The van der Waals surface area contributed by atoms with Gasteiger partial charge in [0.05, 0.1) is 37.6 Å². The van der Waals surface area contributed by atoms with Crippen LogP contribution in [0.25, 0.3) is 6.08 Å². The number of hydrogen-bond donors (Lipinski definition) is 0. The SMILES string of the molecule is COc1cc(/C=N\N=C2\S/C(=C\c3ccccc3C)C(=O)N2Cc2ccco2)ccc1OCC(C)C. The number of furan rings is 1. The van der Waals surface area contributed by atoms with Crippen LogP contribution < -0.4 is 9.47 Å². The van der Waals surface area contributed by atoms with E-state index in [9.17, 15) is 4.79 Å². The van der Waals surface area contributed by atoms with Crippen molar-refractivity contribution >= 4 is 35.1 Å². The van der Waals surface area contributed by atoms with Gasteiger partial charge >= 0.3 is 0 Å². The fourth-order valence-corrected chi connectivity index (χ4v) is 4.38. The molecule has 0 bridgehead atoms. The molecule has 2 aromatic carbocycles. The molecular weight excluding hydrogens is 474 g/mol. The van der Waals surface area contributed by atoms with Crippen molar-refractivity contribution in [3.63, 3.8) is 0 Å². The Hall–Kier alpha value is -3.78. The molecule has 1 amide bonds. The number of carbonyl (C=O) groups is 1. The van der Waals surface area contributed by atoms with Gasteiger partial charge in [0.25, 0.3) is 5.91 Å². The van der Waals surface area contributed by atoms with Gasteiger partial charge in [0.15, 0.2) is 16.7 Å². The molecule has 36 heavy (non-hydrogen) atoms. The summed E-state index contributed by atoms with van der Waals surface area (Å²) in [5.41, 5.74) is 2.88. The Balaban J connectivity index is 1.58. The zero-order valence-corrected chi connectivity index (χ0v) is 21.6. The first-order valence-electron chi connectivity index (χ1n) is 11.7. The molecule has 1 aromatic heterocycles. The number of nitrogens with zero attached hydrogens (tertiary/aromatic N) is 3. The minimum atomic E-state index is -0.137. The average molecular weight is 504 g/mol. The Morgan fingerprint density at radius 2 is 1.94 bits per heavy atom. The lowest BCUT2D eigenvalue weighted by molar-refractivity contribution is -0.122. The largest absolute Gasteiger partial charge is 0.493 e. The van der Waals surface area contributed by atoms with Crippen molar-refractivity contribution in [2.45, 2.75) is 27.3 Å². The second-order valence-electron chi connectivity index (χ2n) is 8.68. The van der Waals surface area contributed by atoms with E-state index in [2.05, 4.69) is 24.1 Å². The number of amides is 1. The number of benzene rings is 2. The highest BCUT2D eigenvalue weighted by atomic mass is 32.2. The number of rotatable bonds is 9. The molecule has 3 aromatic rings. The summed E-state index contributed by atoms with van der Waals surface area (Å²) in [6, 6.07) is 17.2. The van der Waals surface area contributed by atoms with E-state index in [0.717, 1.165) is 16.7 Å². The van der Waals surface area contributed by atoms with Crippen molar-refractivity contribution < 1.29 is 18.7 Å². The van der Waals surface area contributed by atoms with E-state index in [1.807, 2.05) is 61.5 Å². The number of methoxy groups -OCH3 is 1. The summed E-state index contributed by atoms with van der Waals surface area (Å²) in [5, 5.41) is 9.13. The summed E-state index contributed by atoms with van der Waals surface area (Å²) in [6.45, 7) is 7.08. The van der Waals surface area contributed by atoms with E-state index in [4.69, 9.17) is 13.9 Å². The van der Waals surface area contributed by atoms with Crippen LogP contribution >= 0.6 is 11.8 Å². The molecule has 0 saturated carbocycles. The van der Waals surface area contributed by atoms with Gasteiger partial charge in [-0.15, -0.1) is 5.10 Å². The van der Waals surface area contributed by atoms with Gasteiger partial charge in [0.1, 0.15) is 5.76 Å². The third kappa shape index (κ3) is 6.26. The molecule has 186 valence electrons. The Morgan fingerprint density at radius 3 is 2.67 bits per heavy atom. The molecule has 0 unspecified atom stereocenters. The van der Waals surface area contributed by atoms with Crippen LogP contribution in [0.4, 0.5) is 0 Å². The topological polar surface area (TPSA) is 76.6 Å². The number of carbonyl (C=O) groups excluding carboxylic acids is 1. The summed E-state index contributed by atoms with van der Waals surface area (Å²) in [4.78, 5) is 15.4. The molecule has 0 aliphatic carbocycles. The first-order valence-corrected chi connectivity index (χ1v) is 12.5. The average Bonchev–Trinajstić information content (AvgIpc) is 3.48. The molecule has 0 radical (unpaired) electrons. The van der Waals surface area contributed by atoms with Crippen LogP contribution in [0.3, 0.4) is 0 Å². The minimum Gasteiger partial charge on any atom is -0.493 e. The maximum absolute atomic E-state index is 13.3. The second kappa shape index (κ2) is 11.8. The van der Waals surface area contributed by atoms with E-state index in [-0.39, 0.29) is 12.5 Å². The van der Waals surface area contributed by atoms with E-state index in [1.54, 1.807) is 30.6 Å². The zero-order chi connectivity index (χ0) is 25.5. The van der Waals surface area contributed by atoms with Crippen LogP contribution in [0.1, 0.15) is 36.3 Å². The second-order valence-corrected chi connectivity index (χ2v) is 9.69. The molecule has 1 fully saturated rings. The van der Waals surface area contributed by atoms with Crippen molar-refractivity contribution in [2.75, 3.05) is 13.7 Å². The molecule has 4 rings (SSSR count). The van der Waals surface area contributed by atoms with Crippen molar-refractivity contribution in [3.05, 3.63) is 88.2 Å². The van der Waals surface area contributed by atoms with Gasteiger partial charge in [-0.05, 0) is 77.7 Å². The molecule has 8 heteroatoms. The summed E-state index contributed by atoms with van der Waals surface area (Å²) in [6.07, 6.45) is 5.11. The van der Waals surface area contributed by atoms with Gasteiger partial charge in [0, 0.05) is 0 Å². The fourth-order valence-electron chi connectivity index (χ4n) is 3.46. The molecule has 1 aliphatic rings. The van der Waals surface area contributed by atoms with Crippen LogP contribution in [0, 0.1) is 12.8 Å². The quantitative estimate of drug-likeness (QED) is 0.199. The third-order valence-electron chi connectivity index (χ3n) is 5.37. The molecule has 7 nitrogen and oxygen atoms in total. The number of thioether (sulfide) groups is 1. The zero-order valence-electron chi connectivity index (χ0n) is 20.8. The van der Waals surface area contributed by atoms with E-state index < -0.39 is 0 Å². The van der Waals surface area contributed by atoms with Crippen LogP contribution in [0.5, 0.6) is 11.5 Å². The lowest BCUT2D eigenvalue weighted by Crippen LogP contribution is -2.28. The fraction of sp³-hybridized carbons (Fsp3) is 0.250. The number of aryl methyl sites for hydroxylation is 1. The Morgan fingerprint density at radius 1 is 1.11 bits per heavy atom. The number of ether oxygens (including phenoxy) is 2. The van der Waals surface area contributed by atoms with Gasteiger partial charge in [-0.3, -0.25) is 9.69 Å². The minimum absolute atomic E-state index is 0.137. The van der Waals surface area contributed by atoms with Gasteiger partial charge in [-0.1, -0.05) is 38.1 Å². The van der Waals surface area contributed by atoms with Crippen LogP contribution in [0.15, 0.2) is 80.4 Å². The first-order chi connectivity index (χ1) is 17.4. The Bertz CT molecular complexity index is 1300. The van der Waals surface area contributed by atoms with Crippen LogP contribution in [0.2, 0.25) is 0 Å². The van der Waals surface area contributed by atoms with Crippen molar-refractivity contribution in [3.8, 4) is 11.5 Å². The van der Waals surface area contributed by atoms with Gasteiger partial charge in [-0.2, -0.15) is 5.10 Å². The predicted molar refractivity (Wildman–Crippen MR) is 144 cm³/mol. The van der Waals surface area contributed by atoms with Crippen molar-refractivity contribution in [1.29, 1.82) is 0 Å². The smallest absolute Gasteiger partial charge is 0.267 e. The third-order valence-corrected chi connectivity index (χ3v) is 6.36. The standard InChI is InChI=1S/C28H29N3O4S/c1-19(2)18-35-24-12-11-21(14-25(24)33-4)16-29-30-28-31(17-23-10-7-13-34-23)27(32)26(36-28)15-22-9-6-5-8-20(22)3/h5-16,19H,17-18H2,1-4H3/b26-15-,29-16-,30-28+. The van der Waals surface area contributed by atoms with Gasteiger partial charge in [-0.25, -0.2) is 0 Å². The lowest BCUT2D eigenvalue weighted by atomic mass is 10.1. The summed E-state index contributed by atoms with van der Waals surface area (Å²) in [7, 11) is 1.61. The van der Waals surface area contributed by atoms with Crippen LogP contribution in [-0.4, -0.2) is 35.9 Å². The summed E-state index contributed by atoms with van der Waals surface area (Å²) in [5.74, 6) is 2.25. The number of hydrogen-bond acceptors (Lipinski definition) is 7. The molecule has 1 saturated heterocycles. The molecular formula is C28H29N3O4S. The normalized spacial score (nSPS) is 16.1. The van der Waals surface area contributed by atoms with Gasteiger partial charge < -0.3 is 13.9 Å². The monoisotopic (exact) mass is 503 g/mol. The van der Waals surface area contributed by atoms with E-state index in [1.165, 1.54) is 11.8 Å². The highest BCUT2D eigenvalue weighted by molar-refractivity contribution is 8.18. The predicted octanol–water partition coefficient (Wildman–Crippen LogP) is 6.14. The Labute approximate surface area is 215 Å². The highest BCUT2D eigenvalue weighted by Gasteiger charge is 2.34. The van der Waals surface area contributed by atoms with E-state index >= 15 is 0 Å². The van der Waals surface area contributed by atoms with Crippen molar-refractivity contribution in [2.24, 2.45) is 16.1 Å². The molecule has 0 spiro atoms. The first kappa shape index (κ1) is 25.3. The molecule has 2 heterocycles. The number of amidine groups is 1. The van der Waals surface area contributed by atoms with Crippen molar-refractivity contribution in [1.82, 2.24) is 4.90 Å². The maximum atomic E-state index is 13.3. The van der Waals surface area contributed by atoms with Gasteiger partial charge in [0.2, 0.25) is 0 Å². The Kier molecular flexibility index (Phi) is 8.28.